The number of aromatic nitrogens is 1. The van der Waals surface area contributed by atoms with Gasteiger partial charge in [0, 0.05) is 37.9 Å². The molecule has 0 aliphatic rings. The third-order valence-electron chi connectivity index (χ3n) is 3.50. The highest BCUT2D eigenvalue weighted by molar-refractivity contribution is 5.79. The van der Waals surface area contributed by atoms with E-state index in [9.17, 15) is 0 Å². The third kappa shape index (κ3) is 8.33. The van der Waals surface area contributed by atoms with E-state index in [0.29, 0.717) is 6.04 Å². The van der Waals surface area contributed by atoms with Crippen molar-refractivity contribution in [1.82, 2.24) is 15.6 Å². The molecule has 0 aliphatic heterocycles. The highest BCUT2D eigenvalue weighted by atomic mass is 15.2. The minimum Gasteiger partial charge on any atom is -0.356 e. The van der Waals surface area contributed by atoms with Gasteiger partial charge in [-0.1, -0.05) is 38.7 Å². The lowest BCUT2D eigenvalue weighted by Gasteiger charge is -2.17. The quantitative estimate of drug-likeness (QED) is 0.417. The summed E-state index contributed by atoms with van der Waals surface area (Å²) >= 11 is 0. The average Bonchev–Trinajstić information content (AvgIpc) is 2.51. The Kier molecular flexibility index (Phi) is 9.25. The Balaban J connectivity index is 2.19. The van der Waals surface area contributed by atoms with Crippen molar-refractivity contribution in [2.75, 3.05) is 13.6 Å². The van der Waals surface area contributed by atoms with E-state index in [1.807, 2.05) is 31.4 Å². The van der Waals surface area contributed by atoms with Gasteiger partial charge in [0.15, 0.2) is 5.96 Å². The zero-order chi connectivity index (χ0) is 15.3. The predicted octanol–water partition coefficient (Wildman–Crippen LogP) is 3.15. The number of unbranched alkanes of at least 4 members (excludes halogenated alkanes) is 3. The minimum absolute atomic E-state index is 0.461. The van der Waals surface area contributed by atoms with Gasteiger partial charge < -0.3 is 10.6 Å². The Labute approximate surface area is 129 Å². The van der Waals surface area contributed by atoms with Gasteiger partial charge >= 0.3 is 0 Å². The van der Waals surface area contributed by atoms with Crippen LogP contribution < -0.4 is 10.6 Å². The van der Waals surface area contributed by atoms with Crippen molar-refractivity contribution in [1.29, 1.82) is 0 Å². The van der Waals surface area contributed by atoms with Crippen molar-refractivity contribution in [3.05, 3.63) is 30.1 Å². The fraction of sp³-hybridized carbons (Fsp3) is 0.647. The van der Waals surface area contributed by atoms with Gasteiger partial charge in [0.25, 0.3) is 0 Å². The molecule has 1 heterocycles. The molecule has 0 saturated carbocycles. The molecule has 0 saturated heterocycles. The highest BCUT2D eigenvalue weighted by Crippen LogP contribution is 2.05. The summed E-state index contributed by atoms with van der Waals surface area (Å²) in [5.74, 6) is 0.883. The van der Waals surface area contributed by atoms with Gasteiger partial charge in [0.1, 0.15) is 0 Å². The number of nitrogens with zero attached hydrogens (tertiary/aromatic N) is 2. The summed E-state index contributed by atoms with van der Waals surface area (Å²) in [6, 6.07) is 6.47. The summed E-state index contributed by atoms with van der Waals surface area (Å²) in [6.07, 6.45) is 9.18. The van der Waals surface area contributed by atoms with Crippen molar-refractivity contribution in [3.63, 3.8) is 0 Å². The van der Waals surface area contributed by atoms with E-state index in [0.717, 1.165) is 24.6 Å². The number of guanidine groups is 1. The second kappa shape index (κ2) is 11.1. The van der Waals surface area contributed by atoms with Crippen LogP contribution in [0.5, 0.6) is 0 Å². The summed E-state index contributed by atoms with van der Waals surface area (Å²) < 4.78 is 0. The van der Waals surface area contributed by atoms with E-state index < -0.39 is 0 Å². The molecule has 1 rings (SSSR count). The molecule has 0 fully saturated rings. The zero-order valence-electron chi connectivity index (χ0n) is 13.7. The van der Waals surface area contributed by atoms with Crippen LogP contribution in [-0.4, -0.2) is 30.6 Å². The highest BCUT2D eigenvalue weighted by Gasteiger charge is 2.04. The second-order valence-electron chi connectivity index (χ2n) is 5.46. The summed E-state index contributed by atoms with van der Waals surface area (Å²) in [7, 11) is 1.82. The smallest absolute Gasteiger partial charge is 0.191 e. The van der Waals surface area contributed by atoms with Crippen molar-refractivity contribution in [2.45, 2.75) is 58.4 Å². The monoisotopic (exact) mass is 290 g/mol. The molecule has 4 nitrogen and oxygen atoms in total. The molecular weight excluding hydrogens is 260 g/mol. The summed E-state index contributed by atoms with van der Waals surface area (Å²) in [4.78, 5) is 8.60. The first kappa shape index (κ1) is 17.5. The third-order valence-corrected chi connectivity index (χ3v) is 3.50. The Hall–Kier alpha value is -1.58. The largest absolute Gasteiger partial charge is 0.356 e. The SMILES string of the molecule is CCCCCCC(C)NC(=NC)NCCc1ccccn1. The molecule has 1 atom stereocenters. The average molecular weight is 290 g/mol. The molecular formula is C17H30N4. The number of nitrogens with one attached hydrogen (secondary N) is 2. The van der Waals surface area contributed by atoms with Crippen LogP contribution in [0.4, 0.5) is 0 Å². The maximum Gasteiger partial charge on any atom is 0.191 e. The summed E-state index contributed by atoms with van der Waals surface area (Å²) in [5.41, 5.74) is 1.10. The van der Waals surface area contributed by atoms with Crippen LogP contribution >= 0.6 is 0 Å². The lowest BCUT2D eigenvalue weighted by molar-refractivity contribution is 0.537. The molecule has 0 radical (unpaired) electrons. The number of rotatable bonds is 9. The Morgan fingerprint density at radius 1 is 1.29 bits per heavy atom. The predicted molar refractivity (Wildman–Crippen MR) is 90.7 cm³/mol. The van der Waals surface area contributed by atoms with Crippen LogP contribution in [0.25, 0.3) is 0 Å². The second-order valence-corrected chi connectivity index (χ2v) is 5.46. The van der Waals surface area contributed by atoms with Gasteiger partial charge in [-0.15, -0.1) is 0 Å². The van der Waals surface area contributed by atoms with Crippen molar-refractivity contribution < 1.29 is 0 Å². The normalized spacial score (nSPS) is 13.0. The van der Waals surface area contributed by atoms with Gasteiger partial charge in [-0.3, -0.25) is 9.98 Å². The molecule has 0 aromatic carbocycles. The number of pyridine rings is 1. The molecule has 1 unspecified atom stereocenters. The van der Waals surface area contributed by atoms with Gasteiger partial charge in [-0.2, -0.15) is 0 Å². The lowest BCUT2D eigenvalue weighted by Crippen LogP contribution is -2.42. The maximum atomic E-state index is 4.32. The van der Waals surface area contributed by atoms with Crippen LogP contribution in [0.15, 0.2) is 29.4 Å². The van der Waals surface area contributed by atoms with E-state index in [1.165, 1.54) is 32.1 Å². The molecule has 118 valence electrons. The van der Waals surface area contributed by atoms with E-state index >= 15 is 0 Å². The molecule has 0 bridgehead atoms. The maximum absolute atomic E-state index is 4.32. The standard InChI is InChI=1S/C17H30N4/c1-4-5-6-7-10-15(2)21-17(18-3)20-14-12-16-11-8-9-13-19-16/h8-9,11,13,15H,4-7,10,12,14H2,1-3H3,(H2,18,20,21). The molecule has 1 aromatic heterocycles. The van der Waals surface area contributed by atoms with Gasteiger partial charge in [0.2, 0.25) is 0 Å². The molecule has 1 aromatic rings. The molecule has 0 amide bonds. The van der Waals surface area contributed by atoms with Gasteiger partial charge in [-0.05, 0) is 25.5 Å². The van der Waals surface area contributed by atoms with E-state index in [4.69, 9.17) is 0 Å². The first-order valence-corrected chi connectivity index (χ1v) is 8.13. The van der Waals surface area contributed by atoms with Crippen molar-refractivity contribution in [3.8, 4) is 0 Å². The van der Waals surface area contributed by atoms with Crippen molar-refractivity contribution >= 4 is 5.96 Å². The molecule has 2 N–H and O–H groups in total. The van der Waals surface area contributed by atoms with Crippen LogP contribution in [0.1, 0.15) is 51.6 Å². The molecule has 21 heavy (non-hydrogen) atoms. The molecule has 0 spiro atoms. The minimum atomic E-state index is 0.461. The zero-order valence-corrected chi connectivity index (χ0v) is 13.7. The van der Waals surface area contributed by atoms with Crippen LogP contribution in [0.3, 0.4) is 0 Å². The van der Waals surface area contributed by atoms with Crippen molar-refractivity contribution in [2.24, 2.45) is 4.99 Å². The van der Waals surface area contributed by atoms with Gasteiger partial charge in [-0.25, -0.2) is 0 Å². The fourth-order valence-corrected chi connectivity index (χ4v) is 2.23. The summed E-state index contributed by atoms with van der Waals surface area (Å²) in [6.45, 7) is 5.31. The summed E-state index contributed by atoms with van der Waals surface area (Å²) in [5, 5.41) is 6.80. The first-order chi connectivity index (χ1) is 10.3. The van der Waals surface area contributed by atoms with E-state index in [1.54, 1.807) is 0 Å². The van der Waals surface area contributed by atoms with Crippen LogP contribution in [0, 0.1) is 0 Å². The Morgan fingerprint density at radius 3 is 2.81 bits per heavy atom. The Morgan fingerprint density at radius 2 is 2.14 bits per heavy atom. The lowest BCUT2D eigenvalue weighted by atomic mass is 10.1. The van der Waals surface area contributed by atoms with Gasteiger partial charge in [0.05, 0.1) is 0 Å². The van der Waals surface area contributed by atoms with Crippen LogP contribution in [-0.2, 0) is 6.42 Å². The van der Waals surface area contributed by atoms with E-state index in [2.05, 4.69) is 34.5 Å². The van der Waals surface area contributed by atoms with E-state index in [-0.39, 0.29) is 0 Å². The number of aliphatic imine (C=N–C) groups is 1. The molecule has 4 heteroatoms. The van der Waals surface area contributed by atoms with Crippen LogP contribution in [0.2, 0.25) is 0 Å². The number of hydrogen-bond donors (Lipinski definition) is 2. The molecule has 0 aliphatic carbocycles. The first-order valence-electron chi connectivity index (χ1n) is 8.13. The topological polar surface area (TPSA) is 49.3 Å². The number of hydrogen-bond acceptors (Lipinski definition) is 2. The fourth-order valence-electron chi connectivity index (χ4n) is 2.23. The Bertz CT molecular complexity index is 389.